The minimum Gasteiger partial charge on any atom is -0.383 e. The third kappa shape index (κ3) is 6.15. The number of alkyl halides is 3. The predicted molar refractivity (Wildman–Crippen MR) is 120 cm³/mol. The van der Waals surface area contributed by atoms with Crippen LogP contribution in [0.5, 0.6) is 0 Å². The average molecular weight is 492 g/mol. The van der Waals surface area contributed by atoms with E-state index < -0.39 is 23.2 Å². The minimum absolute atomic E-state index is 0.103. The molecule has 0 radical (unpaired) electrons. The second-order valence-corrected chi connectivity index (χ2v) is 9.15. The summed E-state index contributed by atoms with van der Waals surface area (Å²) in [5.74, 6) is -1.01. The number of rotatable bonds is 6. The SMILES string of the molecule is O=C(NCC(=O)N1CC[C@H](NC2CCC(O)(c3cnccn3)CC2)C1)c1cccc(C(F)(F)F)c1. The van der Waals surface area contributed by atoms with Crippen LogP contribution in [0.4, 0.5) is 13.2 Å². The van der Waals surface area contributed by atoms with E-state index in [1.165, 1.54) is 6.07 Å². The van der Waals surface area contributed by atoms with Crippen molar-refractivity contribution < 1.29 is 27.9 Å². The minimum atomic E-state index is -4.55. The highest BCUT2D eigenvalue weighted by Gasteiger charge is 2.37. The molecular formula is C24H28F3N5O3. The number of halogens is 3. The smallest absolute Gasteiger partial charge is 0.383 e. The van der Waals surface area contributed by atoms with Gasteiger partial charge in [-0.2, -0.15) is 13.2 Å². The van der Waals surface area contributed by atoms with Gasteiger partial charge in [0.05, 0.1) is 24.0 Å². The molecule has 0 bridgehead atoms. The number of nitrogens with one attached hydrogen (secondary N) is 2. The Bertz CT molecular complexity index is 1040. The third-order valence-electron chi connectivity index (χ3n) is 6.72. The van der Waals surface area contributed by atoms with Gasteiger partial charge in [0.2, 0.25) is 5.91 Å². The van der Waals surface area contributed by atoms with Crippen LogP contribution in [0.1, 0.15) is 53.7 Å². The molecule has 1 atom stereocenters. The summed E-state index contributed by atoms with van der Waals surface area (Å²) in [5, 5.41) is 16.9. The molecule has 2 heterocycles. The standard InChI is InChI=1S/C24H28F3N5O3/c25-24(26,27)17-3-1-2-16(12-17)22(34)30-14-21(33)32-11-6-19(15-32)31-18-4-7-23(35,8-5-18)20-13-28-9-10-29-20/h1-3,9-10,12-13,18-19,31,35H,4-8,11,14-15H2,(H,30,34)/t18?,19-,23?/m0/s1. The number of carbonyl (C=O) groups is 2. The Kier molecular flexibility index (Phi) is 7.36. The van der Waals surface area contributed by atoms with Crippen molar-refractivity contribution in [2.75, 3.05) is 19.6 Å². The quantitative estimate of drug-likeness (QED) is 0.572. The molecule has 2 aliphatic rings. The monoisotopic (exact) mass is 491 g/mol. The Labute approximate surface area is 200 Å². The molecule has 188 valence electrons. The Morgan fingerprint density at radius 2 is 1.91 bits per heavy atom. The van der Waals surface area contributed by atoms with Crippen molar-refractivity contribution in [1.82, 2.24) is 25.5 Å². The molecule has 4 rings (SSSR count). The zero-order valence-electron chi connectivity index (χ0n) is 19.1. The van der Waals surface area contributed by atoms with Crippen molar-refractivity contribution in [2.45, 2.75) is 56.0 Å². The van der Waals surface area contributed by atoms with Crippen LogP contribution in [0.25, 0.3) is 0 Å². The maximum absolute atomic E-state index is 12.9. The van der Waals surface area contributed by atoms with E-state index in [9.17, 15) is 27.9 Å². The van der Waals surface area contributed by atoms with E-state index >= 15 is 0 Å². The molecule has 1 saturated carbocycles. The molecule has 1 aliphatic heterocycles. The summed E-state index contributed by atoms with van der Waals surface area (Å²) in [7, 11) is 0. The van der Waals surface area contributed by atoms with E-state index in [-0.39, 0.29) is 30.1 Å². The molecule has 2 aromatic rings. The van der Waals surface area contributed by atoms with E-state index in [0.717, 1.165) is 37.5 Å². The number of benzene rings is 1. The van der Waals surface area contributed by atoms with Gasteiger partial charge in [-0.25, -0.2) is 0 Å². The molecule has 1 aromatic carbocycles. The first-order valence-corrected chi connectivity index (χ1v) is 11.6. The van der Waals surface area contributed by atoms with Gasteiger partial charge in [0.1, 0.15) is 5.60 Å². The molecule has 11 heteroatoms. The number of likely N-dealkylation sites (tertiary alicyclic amines) is 1. The zero-order valence-corrected chi connectivity index (χ0v) is 19.1. The Hall–Kier alpha value is -3.05. The number of nitrogens with zero attached hydrogens (tertiary/aromatic N) is 3. The fraction of sp³-hybridized carbons (Fsp3) is 0.500. The van der Waals surface area contributed by atoms with E-state index in [4.69, 9.17) is 0 Å². The van der Waals surface area contributed by atoms with Gasteiger partial charge in [-0.1, -0.05) is 6.07 Å². The first-order valence-electron chi connectivity index (χ1n) is 11.6. The summed E-state index contributed by atoms with van der Waals surface area (Å²) < 4.78 is 38.6. The van der Waals surface area contributed by atoms with Crippen molar-refractivity contribution in [3.63, 3.8) is 0 Å². The lowest BCUT2D eigenvalue weighted by atomic mass is 9.80. The Morgan fingerprint density at radius 1 is 1.14 bits per heavy atom. The van der Waals surface area contributed by atoms with Crippen LogP contribution in [-0.4, -0.2) is 63.5 Å². The molecule has 3 N–H and O–H groups in total. The highest BCUT2D eigenvalue weighted by molar-refractivity contribution is 5.96. The van der Waals surface area contributed by atoms with E-state index in [1.54, 1.807) is 23.5 Å². The van der Waals surface area contributed by atoms with E-state index in [2.05, 4.69) is 20.6 Å². The summed E-state index contributed by atoms with van der Waals surface area (Å²) in [6, 6.07) is 4.42. The van der Waals surface area contributed by atoms with Gasteiger partial charge in [-0.05, 0) is 50.3 Å². The lowest BCUT2D eigenvalue weighted by Gasteiger charge is -2.36. The highest BCUT2D eigenvalue weighted by atomic mass is 19.4. The first kappa shape index (κ1) is 25.1. The third-order valence-corrected chi connectivity index (χ3v) is 6.72. The number of hydrogen-bond acceptors (Lipinski definition) is 6. The average Bonchev–Trinajstić information content (AvgIpc) is 3.32. The molecule has 8 nitrogen and oxygen atoms in total. The van der Waals surface area contributed by atoms with Crippen LogP contribution < -0.4 is 10.6 Å². The first-order chi connectivity index (χ1) is 16.6. The van der Waals surface area contributed by atoms with Gasteiger partial charge in [0.15, 0.2) is 0 Å². The lowest BCUT2D eigenvalue weighted by Crippen LogP contribution is -2.46. The largest absolute Gasteiger partial charge is 0.416 e. The van der Waals surface area contributed by atoms with Gasteiger partial charge in [0.25, 0.3) is 5.91 Å². The fourth-order valence-electron chi connectivity index (χ4n) is 4.72. The van der Waals surface area contributed by atoms with Crippen LogP contribution in [0.2, 0.25) is 0 Å². The number of aromatic nitrogens is 2. The van der Waals surface area contributed by atoms with Gasteiger partial charge < -0.3 is 20.6 Å². The molecule has 0 spiro atoms. The van der Waals surface area contributed by atoms with Crippen molar-refractivity contribution in [2.24, 2.45) is 0 Å². The maximum atomic E-state index is 12.9. The second kappa shape index (κ2) is 10.3. The topological polar surface area (TPSA) is 107 Å². The Balaban J connectivity index is 1.21. The number of carbonyl (C=O) groups excluding carboxylic acids is 2. The van der Waals surface area contributed by atoms with Crippen molar-refractivity contribution in [3.8, 4) is 0 Å². The van der Waals surface area contributed by atoms with E-state index in [1.807, 2.05) is 0 Å². The van der Waals surface area contributed by atoms with Gasteiger partial charge in [-0.3, -0.25) is 19.6 Å². The van der Waals surface area contributed by atoms with Crippen LogP contribution in [-0.2, 0) is 16.6 Å². The van der Waals surface area contributed by atoms with Crippen molar-refractivity contribution in [1.29, 1.82) is 0 Å². The lowest BCUT2D eigenvalue weighted by molar-refractivity contribution is -0.137. The normalized spacial score (nSPS) is 24.9. The molecule has 1 aromatic heterocycles. The molecule has 0 unspecified atom stereocenters. The van der Waals surface area contributed by atoms with Gasteiger partial charge in [0, 0.05) is 43.1 Å². The summed E-state index contributed by atoms with van der Waals surface area (Å²) in [6.45, 7) is 0.742. The highest BCUT2D eigenvalue weighted by Crippen LogP contribution is 2.36. The molecule has 35 heavy (non-hydrogen) atoms. The van der Waals surface area contributed by atoms with Gasteiger partial charge >= 0.3 is 6.18 Å². The van der Waals surface area contributed by atoms with Crippen LogP contribution in [0, 0.1) is 0 Å². The molecule has 1 saturated heterocycles. The molecular weight excluding hydrogens is 463 g/mol. The fourth-order valence-corrected chi connectivity index (χ4v) is 4.72. The van der Waals surface area contributed by atoms with Crippen LogP contribution in [0.15, 0.2) is 42.9 Å². The zero-order chi connectivity index (χ0) is 25.1. The molecule has 2 amide bonds. The second-order valence-electron chi connectivity index (χ2n) is 9.15. The summed E-state index contributed by atoms with van der Waals surface area (Å²) >= 11 is 0. The number of hydrogen-bond donors (Lipinski definition) is 3. The molecule has 2 fully saturated rings. The summed E-state index contributed by atoms with van der Waals surface area (Å²) in [5.41, 5.74) is -1.44. The van der Waals surface area contributed by atoms with Crippen molar-refractivity contribution >= 4 is 11.8 Å². The number of aliphatic hydroxyl groups is 1. The summed E-state index contributed by atoms with van der Waals surface area (Å²) in [4.78, 5) is 34.7. The van der Waals surface area contributed by atoms with Crippen molar-refractivity contribution in [3.05, 3.63) is 59.7 Å². The van der Waals surface area contributed by atoms with Gasteiger partial charge in [-0.15, -0.1) is 0 Å². The molecule has 1 aliphatic carbocycles. The Morgan fingerprint density at radius 3 is 2.60 bits per heavy atom. The maximum Gasteiger partial charge on any atom is 0.416 e. The summed E-state index contributed by atoms with van der Waals surface area (Å²) in [6.07, 6.45) is 3.64. The number of amides is 2. The van der Waals surface area contributed by atoms with Crippen LogP contribution in [0.3, 0.4) is 0 Å². The predicted octanol–water partition coefficient (Wildman–Crippen LogP) is 2.25. The van der Waals surface area contributed by atoms with Crippen LogP contribution >= 0.6 is 0 Å². The van der Waals surface area contributed by atoms with E-state index in [0.29, 0.717) is 31.6 Å².